The molecule has 1 heterocycles. The van der Waals surface area contributed by atoms with Gasteiger partial charge in [-0.05, 0) is 19.1 Å². The molecule has 1 aromatic heterocycles. The Morgan fingerprint density at radius 1 is 1.79 bits per heavy atom. The summed E-state index contributed by atoms with van der Waals surface area (Å²) in [5.74, 6) is -0.889. The highest BCUT2D eigenvalue weighted by Crippen LogP contribution is 2.21. The second kappa shape index (κ2) is 3.67. The predicted octanol–water partition coefficient (Wildman–Crippen LogP) is 0.705. The summed E-state index contributed by atoms with van der Waals surface area (Å²) >= 11 is 0. The lowest BCUT2D eigenvalue weighted by atomic mass is 9.98. The molecule has 0 saturated heterocycles. The molecule has 0 saturated carbocycles. The van der Waals surface area contributed by atoms with E-state index >= 15 is 0 Å². The Kier molecular flexibility index (Phi) is 2.76. The number of nitrogens with zero attached hydrogens (tertiary/aromatic N) is 2. The fraction of sp³-hybridized carbons (Fsp3) is 0.375. The van der Waals surface area contributed by atoms with Gasteiger partial charge in [0.05, 0.1) is 0 Å². The maximum absolute atomic E-state index is 13.0. The van der Waals surface area contributed by atoms with Crippen molar-refractivity contribution in [2.45, 2.75) is 12.5 Å². The Hall–Kier alpha value is -1.56. The van der Waals surface area contributed by atoms with Gasteiger partial charge in [0.25, 0.3) is 0 Å². The smallest absolute Gasteiger partial charge is 0.236 e. The monoisotopic (exact) mass is 200 g/mol. The Bertz CT molecular complexity index is 354. The van der Waals surface area contributed by atoms with E-state index in [2.05, 4.69) is 4.98 Å². The van der Waals surface area contributed by atoms with Crippen LogP contribution in [0, 0.1) is 16.1 Å². The largest absolute Gasteiger partial charge is 0.378 e. The van der Waals surface area contributed by atoms with Gasteiger partial charge in [-0.25, -0.2) is 4.98 Å². The second-order valence-electron chi connectivity index (χ2n) is 3.11. The highest BCUT2D eigenvalue weighted by molar-refractivity contribution is 5.18. The van der Waals surface area contributed by atoms with E-state index in [0.717, 1.165) is 0 Å². The maximum Gasteiger partial charge on any atom is 0.236 e. The van der Waals surface area contributed by atoms with Gasteiger partial charge in [-0.1, -0.05) is 0 Å². The SMILES string of the molecule is CC(O)(C[N+](=O)[O-])c1cccnc1F. The van der Waals surface area contributed by atoms with Gasteiger partial charge in [0.15, 0.2) is 5.60 Å². The molecule has 0 aromatic carbocycles. The zero-order valence-corrected chi connectivity index (χ0v) is 7.48. The van der Waals surface area contributed by atoms with Crippen LogP contribution in [0.3, 0.4) is 0 Å². The second-order valence-corrected chi connectivity index (χ2v) is 3.11. The van der Waals surface area contributed by atoms with Gasteiger partial charge in [0.2, 0.25) is 12.5 Å². The quantitative estimate of drug-likeness (QED) is 0.442. The van der Waals surface area contributed by atoms with E-state index in [4.69, 9.17) is 0 Å². The topological polar surface area (TPSA) is 76.3 Å². The molecule has 1 unspecified atom stereocenters. The Morgan fingerprint density at radius 3 is 2.93 bits per heavy atom. The molecule has 5 nitrogen and oxygen atoms in total. The summed E-state index contributed by atoms with van der Waals surface area (Å²) < 4.78 is 13.0. The van der Waals surface area contributed by atoms with Crippen molar-refractivity contribution >= 4 is 0 Å². The molecule has 0 radical (unpaired) electrons. The van der Waals surface area contributed by atoms with Crippen LogP contribution in [0.2, 0.25) is 0 Å². The van der Waals surface area contributed by atoms with Crippen molar-refractivity contribution in [3.8, 4) is 0 Å². The molecule has 0 aliphatic heterocycles. The molecule has 0 spiro atoms. The van der Waals surface area contributed by atoms with E-state index in [-0.39, 0.29) is 5.56 Å². The van der Waals surface area contributed by atoms with Crippen molar-refractivity contribution in [3.05, 3.63) is 40.0 Å². The van der Waals surface area contributed by atoms with Crippen molar-refractivity contribution < 1.29 is 14.4 Å². The molecule has 0 bridgehead atoms. The average Bonchev–Trinajstić information content (AvgIpc) is 2.02. The van der Waals surface area contributed by atoms with E-state index in [0.29, 0.717) is 0 Å². The van der Waals surface area contributed by atoms with Crippen LogP contribution in [0.5, 0.6) is 0 Å². The van der Waals surface area contributed by atoms with E-state index in [1.54, 1.807) is 0 Å². The van der Waals surface area contributed by atoms with Crippen LogP contribution >= 0.6 is 0 Å². The summed E-state index contributed by atoms with van der Waals surface area (Å²) in [5, 5.41) is 19.8. The van der Waals surface area contributed by atoms with Crippen LogP contribution < -0.4 is 0 Å². The molecule has 76 valence electrons. The highest BCUT2D eigenvalue weighted by atomic mass is 19.1. The third-order valence-electron chi connectivity index (χ3n) is 1.78. The molecular formula is C8H9FN2O3. The lowest BCUT2D eigenvalue weighted by Crippen LogP contribution is -2.32. The normalized spacial score (nSPS) is 14.8. The first-order valence-corrected chi connectivity index (χ1v) is 3.88. The summed E-state index contributed by atoms with van der Waals surface area (Å²) in [5.41, 5.74) is -2.00. The molecular weight excluding hydrogens is 191 g/mol. The molecule has 1 aromatic rings. The third kappa shape index (κ3) is 2.23. The summed E-state index contributed by atoms with van der Waals surface area (Å²) in [6.07, 6.45) is 1.21. The summed E-state index contributed by atoms with van der Waals surface area (Å²) in [6.45, 7) is 0.422. The first kappa shape index (κ1) is 10.5. The predicted molar refractivity (Wildman–Crippen MR) is 45.6 cm³/mol. The van der Waals surface area contributed by atoms with Gasteiger partial charge in [-0.2, -0.15) is 4.39 Å². The number of rotatable bonds is 3. The van der Waals surface area contributed by atoms with Crippen molar-refractivity contribution in [2.24, 2.45) is 0 Å². The molecule has 0 aliphatic rings. The molecule has 1 N–H and O–H groups in total. The zero-order valence-electron chi connectivity index (χ0n) is 7.48. The van der Waals surface area contributed by atoms with Crippen molar-refractivity contribution in [2.75, 3.05) is 6.54 Å². The maximum atomic E-state index is 13.0. The van der Waals surface area contributed by atoms with Crippen LogP contribution in [0.15, 0.2) is 18.3 Å². The van der Waals surface area contributed by atoms with E-state index in [9.17, 15) is 19.6 Å². The Labute approximate surface area is 79.4 Å². The lowest BCUT2D eigenvalue weighted by Gasteiger charge is -2.18. The number of pyridine rings is 1. The summed E-state index contributed by atoms with van der Waals surface area (Å²) in [7, 11) is 0. The minimum absolute atomic E-state index is 0.170. The van der Waals surface area contributed by atoms with Crippen LogP contribution in [0.1, 0.15) is 12.5 Å². The Balaban J connectivity index is 3.03. The van der Waals surface area contributed by atoms with Crippen LogP contribution in [0.25, 0.3) is 0 Å². The lowest BCUT2D eigenvalue weighted by molar-refractivity contribution is -0.501. The van der Waals surface area contributed by atoms with Gasteiger partial charge in [0.1, 0.15) is 0 Å². The highest BCUT2D eigenvalue weighted by Gasteiger charge is 2.32. The molecule has 0 fully saturated rings. The van der Waals surface area contributed by atoms with Crippen LogP contribution in [-0.2, 0) is 5.60 Å². The molecule has 0 aliphatic carbocycles. The number of nitro groups is 1. The van der Waals surface area contributed by atoms with E-state index in [1.807, 2.05) is 0 Å². The average molecular weight is 200 g/mol. The summed E-state index contributed by atoms with van der Waals surface area (Å²) in [4.78, 5) is 12.8. The fourth-order valence-electron chi connectivity index (χ4n) is 1.12. The number of hydrogen-bond donors (Lipinski definition) is 1. The fourth-order valence-corrected chi connectivity index (χ4v) is 1.12. The standard InChI is InChI=1S/C8H9FN2O3/c1-8(12,5-11(13)14)6-3-2-4-10-7(6)9/h2-4,12H,5H2,1H3. The van der Waals surface area contributed by atoms with Crippen LogP contribution in [-0.4, -0.2) is 21.6 Å². The van der Waals surface area contributed by atoms with Crippen molar-refractivity contribution in [3.63, 3.8) is 0 Å². The molecule has 1 atom stereocenters. The van der Waals surface area contributed by atoms with Gasteiger partial charge in [-0.15, -0.1) is 0 Å². The van der Waals surface area contributed by atoms with Crippen LogP contribution in [0.4, 0.5) is 4.39 Å². The van der Waals surface area contributed by atoms with E-state index < -0.39 is 23.0 Å². The first-order valence-electron chi connectivity index (χ1n) is 3.88. The number of hydrogen-bond acceptors (Lipinski definition) is 4. The number of aromatic nitrogens is 1. The molecule has 1 rings (SSSR count). The van der Waals surface area contributed by atoms with Gasteiger partial charge in [-0.3, -0.25) is 10.1 Å². The van der Waals surface area contributed by atoms with Crippen molar-refractivity contribution in [1.29, 1.82) is 0 Å². The van der Waals surface area contributed by atoms with E-state index in [1.165, 1.54) is 25.3 Å². The first-order chi connectivity index (χ1) is 6.43. The minimum atomic E-state index is -1.83. The van der Waals surface area contributed by atoms with Crippen molar-refractivity contribution in [1.82, 2.24) is 4.98 Å². The molecule has 6 heteroatoms. The zero-order chi connectivity index (χ0) is 10.8. The van der Waals surface area contributed by atoms with Gasteiger partial charge in [0, 0.05) is 16.7 Å². The van der Waals surface area contributed by atoms with Gasteiger partial charge >= 0.3 is 0 Å². The molecule has 0 amide bonds. The number of aliphatic hydroxyl groups is 1. The third-order valence-corrected chi connectivity index (χ3v) is 1.78. The van der Waals surface area contributed by atoms with Gasteiger partial charge < -0.3 is 5.11 Å². The molecule has 14 heavy (non-hydrogen) atoms. The Morgan fingerprint density at radius 2 is 2.43 bits per heavy atom. The summed E-state index contributed by atoms with van der Waals surface area (Å²) in [6, 6.07) is 2.68. The number of halogens is 1. The minimum Gasteiger partial charge on any atom is -0.378 e.